The number of aromatic hydroxyl groups is 1. The summed E-state index contributed by atoms with van der Waals surface area (Å²) in [5.74, 6) is -2.43. The van der Waals surface area contributed by atoms with E-state index in [0.717, 1.165) is 11.1 Å². The lowest BCUT2D eigenvalue weighted by atomic mass is 9.98. The number of halogens is 1. The van der Waals surface area contributed by atoms with Crippen LogP contribution < -0.4 is 5.32 Å². The van der Waals surface area contributed by atoms with Gasteiger partial charge in [-0.05, 0) is 41.8 Å². The lowest BCUT2D eigenvalue weighted by Crippen LogP contribution is -2.46. The molecule has 0 atom stereocenters. The van der Waals surface area contributed by atoms with E-state index in [1.54, 1.807) is 23.1 Å². The summed E-state index contributed by atoms with van der Waals surface area (Å²) in [5, 5.41) is 23.4. The van der Waals surface area contributed by atoms with Gasteiger partial charge in [0.25, 0.3) is 5.91 Å². The second kappa shape index (κ2) is 8.08. The van der Waals surface area contributed by atoms with Crippen LogP contribution in [0.2, 0.25) is 0 Å². The number of carbonyl (C=O) groups is 2. The average Bonchev–Trinajstić information content (AvgIpc) is 2.75. The molecule has 1 aliphatic rings. The van der Waals surface area contributed by atoms with Crippen LogP contribution in [0, 0.1) is 5.82 Å². The van der Waals surface area contributed by atoms with Gasteiger partial charge in [-0.3, -0.25) is 9.78 Å². The third kappa shape index (κ3) is 3.81. The SMILES string of the molecule is O=C(O)c1cc(C(=O)N2CCNCC2)c2cc(Cc3ccc(F)cc3)cnc2c1O. The first-order valence-electron chi connectivity index (χ1n) is 9.56. The molecule has 2 heterocycles. The highest BCUT2D eigenvalue weighted by Crippen LogP contribution is 2.32. The fourth-order valence-corrected chi connectivity index (χ4v) is 3.63. The molecule has 1 amide bonds. The monoisotopic (exact) mass is 409 g/mol. The van der Waals surface area contributed by atoms with E-state index in [-0.39, 0.29) is 28.4 Å². The fourth-order valence-electron chi connectivity index (χ4n) is 3.63. The van der Waals surface area contributed by atoms with Crippen molar-refractivity contribution in [3.05, 3.63) is 70.7 Å². The van der Waals surface area contributed by atoms with Crippen molar-refractivity contribution in [1.29, 1.82) is 0 Å². The van der Waals surface area contributed by atoms with Gasteiger partial charge in [0.2, 0.25) is 0 Å². The third-order valence-electron chi connectivity index (χ3n) is 5.19. The van der Waals surface area contributed by atoms with Gasteiger partial charge in [0.05, 0.1) is 5.56 Å². The molecule has 30 heavy (non-hydrogen) atoms. The number of rotatable bonds is 4. The molecular formula is C22H20FN3O4. The van der Waals surface area contributed by atoms with Crippen molar-refractivity contribution >= 4 is 22.8 Å². The summed E-state index contributed by atoms with van der Waals surface area (Å²) in [6, 6.07) is 9.01. The van der Waals surface area contributed by atoms with Crippen molar-refractivity contribution in [1.82, 2.24) is 15.2 Å². The number of amides is 1. The number of carbonyl (C=O) groups excluding carboxylic acids is 1. The van der Waals surface area contributed by atoms with Crippen LogP contribution in [0.5, 0.6) is 5.75 Å². The zero-order valence-corrected chi connectivity index (χ0v) is 16.1. The molecule has 1 aromatic heterocycles. The van der Waals surface area contributed by atoms with Gasteiger partial charge in [0, 0.05) is 37.8 Å². The predicted molar refractivity (Wildman–Crippen MR) is 108 cm³/mol. The topological polar surface area (TPSA) is 103 Å². The number of phenols is 1. The summed E-state index contributed by atoms with van der Waals surface area (Å²) in [5.41, 5.74) is 1.51. The Hall–Kier alpha value is -3.52. The van der Waals surface area contributed by atoms with E-state index in [1.165, 1.54) is 24.4 Å². The van der Waals surface area contributed by atoms with Crippen molar-refractivity contribution in [3.63, 3.8) is 0 Å². The van der Waals surface area contributed by atoms with E-state index in [0.29, 0.717) is 38.0 Å². The molecule has 0 bridgehead atoms. The minimum Gasteiger partial charge on any atom is -0.505 e. The van der Waals surface area contributed by atoms with E-state index < -0.39 is 11.7 Å². The molecule has 0 radical (unpaired) electrons. The molecule has 1 fully saturated rings. The number of hydrogen-bond acceptors (Lipinski definition) is 5. The molecular weight excluding hydrogens is 389 g/mol. The summed E-state index contributed by atoms with van der Waals surface area (Å²) in [4.78, 5) is 30.7. The minimum absolute atomic E-state index is 0.0660. The maximum absolute atomic E-state index is 13.2. The minimum atomic E-state index is -1.33. The molecule has 7 nitrogen and oxygen atoms in total. The van der Waals surface area contributed by atoms with Crippen LogP contribution in [0.3, 0.4) is 0 Å². The Balaban J connectivity index is 1.81. The smallest absolute Gasteiger partial charge is 0.339 e. The van der Waals surface area contributed by atoms with E-state index in [9.17, 15) is 24.2 Å². The van der Waals surface area contributed by atoms with Crippen LogP contribution in [0.25, 0.3) is 10.9 Å². The number of fused-ring (bicyclic) bond motifs is 1. The van der Waals surface area contributed by atoms with Gasteiger partial charge in [-0.1, -0.05) is 12.1 Å². The van der Waals surface area contributed by atoms with Crippen LogP contribution in [0.15, 0.2) is 42.6 Å². The molecule has 3 aromatic rings. The summed E-state index contributed by atoms with van der Waals surface area (Å²) in [6.07, 6.45) is 1.97. The maximum Gasteiger partial charge on any atom is 0.339 e. The first-order chi connectivity index (χ1) is 14.4. The first kappa shape index (κ1) is 19.8. The molecule has 154 valence electrons. The van der Waals surface area contributed by atoms with Gasteiger partial charge in [0.1, 0.15) is 16.9 Å². The van der Waals surface area contributed by atoms with E-state index >= 15 is 0 Å². The Bertz CT molecular complexity index is 1130. The molecule has 0 saturated carbocycles. The van der Waals surface area contributed by atoms with E-state index in [2.05, 4.69) is 10.3 Å². The Labute approximate surface area is 171 Å². The lowest BCUT2D eigenvalue weighted by Gasteiger charge is -2.28. The third-order valence-corrected chi connectivity index (χ3v) is 5.19. The van der Waals surface area contributed by atoms with Gasteiger partial charge in [-0.2, -0.15) is 0 Å². The van der Waals surface area contributed by atoms with Gasteiger partial charge in [-0.15, -0.1) is 0 Å². The zero-order valence-electron chi connectivity index (χ0n) is 16.1. The van der Waals surface area contributed by atoms with Crippen molar-refractivity contribution in [2.24, 2.45) is 0 Å². The van der Waals surface area contributed by atoms with Crippen molar-refractivity contribution in [2.45, 2.75) is 6.42 Å². The van der Waals surface area contributed by atoms with Gasteiger partial charge in [-0.25, -0.2) is 9.18 Å². The molecule has 0 aliphatic carbocycles. The Kier molecular flexibility index (Phi) is 5.33. The highest BCUT2D eigenvalue weighted by molar-refractivity contribution is 6.11. The summed E-state index contributed by atoms with van der Waals surface area (Å²) in [7, 11) is 0. The number of piperazine rings is 1. The molecule has 4 rings (SSSR count). The molecule has 1 aliphatic heterocycles. The van der Waals surface area contributed by atoms with Crippen LogP contribution in [-0.2, 0) is 6.42 Å². The zero-order chi connectivity index (χ0) is 21.3. The Morgan fingerprint density at radius 3 is 2.43 bits per heavy atom. The Morgan fingerprint density at radius 2 is 1.77 bits per heavy atom. The van der Waals surface area contributed by atoms with Crippen molar-refractivity contribution < 1.29 is 24.2 Å². The second-order valence-corrected chi connectivity index (χ2v) is 7.21. The van der Waals surface area contributed by atoms with E-state index in [4.69, 9.17) is 0 Å². The number of carboxylic acids is 1. The molecule has 0 unspecified atom stereocenters. The van der Waals surface area contributed by atoms with Crippen LogP contribution in [0.4, 0.5) is 4.39 Å². The molecule has 3 N–H and O–H groups in total. The Morgan fingerprint density at radius 1 is 1.07 bits per heavy atom. The highest BCUT2D eigenvalue weighted by Gasteiger charge is 2.25. The van der Waals surface area contributed by atoms with Crippen LogP contribution >= 0.6 is 0 Å². The van der Waals surface area contributed by atoms with Crippen LogP contribution in [-0.4, -0.2) is 58.2 Å². The highest BCUT2D eigenvalue weighted by atomic mass is 19.1. The summed E-state index contributed by atoms with van der Waals surface area (Å²) in [6.45, 7) is 2.32. The lowest BCUT2D eigenvalue weighted by molar-refractivity contribution is 0.0694. The number of nitrogens with one attached hydrogen (secondary N) is 1. The number of benzene rings is 2. The summed E-state index contributed by atoms with van der Waals surface area (Å²) >= 11 is 0. The number of pyridine rings is 1. The average molecular weight is 409 g/mol. The first-order valence-corrected chi connectivity index (χ1v) is 9.56. The predicted octanol–water partition coefficient (Wildman–Crippen LogP) is 2.41. The molecule has 8 heteroatoms. The van der Waals surface area contributed by atoms with E-state index in [1.807, 2.05) is 0 Å². The molecule has 2 aromatic carbocycles. The summed E-state index contributed by atoms with van der Waals surface area (Å²) < 4.78 is 13.2. The molecule has 1 saturated heterocycles. The van der Waals surface area contributed by atoms with Gasteiger partial charge in [0.15, 0.2) is 5.75 Å². The number of carboxylic acid groups (broad SMARTS) is 1. The van der Waals surface area contributed by atoms with Crippen molar-refractivity contribution in [3.8, 4) is 5.75 Å². The maximum atomic E-state index is 13.2. The van der Waals surface area contributed by atoms with Crippen LogP contribution in [0.1, 0.15) is 31.8 Å². The van der Waals surface area contributed by atoms with Crippen molar-refractivity contribution in [2.75, 3.05) is 26.2 Å². The number of aromatic carboxylic acids is 1. The van der Waals surface area contributed by atoms with Gasteiger partial charge >= 0.3 is 5.97 Å². The normalized spacial score (nSPS) is 14.1. The number of hydrogen-bond donors (Lipinski definition) is 3. The van der Waals surface area contributed by atoms with Gasteiger partial charge < -0.3 is 20.4 Å². The number of aromatic nitrogens is 1. The fraction of sp³-hybridized carbons (Fsp3) is 0.227. The largest absolute Gasteiger partial charge is 0.505 e. The standard InChI is InChI=1S/C22H20FN3O4/c23-15-3-1-13(2-4-15)9-14-10-16-17(21(28)26-7-5-24-6-8-26)11-18(22(29)30)20(27)19(16)25-12-14/h1-4,10-12,24,27H,5-9H2,(H,29,30). The second-order valence-electron chi connectivity index (χ2n) is 7.21. The quantitative estimate of drug-likeness (QED) is 0.612. The number of nitrogens with zero attached hydrogens (tertiary/aromatic N) is 2. The molecule has 0 spiro atoms.